The first kappa shape index (κ1) is 11.6. The van der Waals surface area contributed by atoms with E-state index in [1.54, 1.807) is 6.20 Å². The highest BCUT2D eigenvalue weighted by molar-refractivity contribution is 7.99. The minimum Gasteiger partial charge on any atom is -0.481 e. The van der Waals surface area contributed by atoms with Crippen molar-refractivity contribution in [3.8, 4) is 0 Å². The Kier molecular flexibility index (Phi) is 3.38. The number of hydrogen-bond acceptors (Lipinski definition) is 6. The molecule has 0 radical (unpaired) electrons. The zero-order valence-corrected chi connectivity index (χ0v) is 9.83. The second kappa shape index (κ2) is 4.95. The van der Waals surface area contributed by atoms with Crippen LogP contribution in [-0.2, 0) is 18.4 Å². The molecule has 2 heterocycles. The van der Waals surface area contributed by atoms with Crippen LogP contribution >= 0.6 is 11.8 Å². The highest BCUT2D eigenvalue weighted by Crippen LogP contribution is 2.13. The van der Waals surface area contributed by atoms with Crippen molar-refractivity contribution >= 4 is 17.7 Å². The van der Waals surface area contributed by atoms with Crippen molar-refractivity contribution in [2.45, 2.75) is 11.7 Å². The highest BCUT2D eigenvalue weighted by atomic mass is 32.2. The van der Waals surface area contributed by atoms with Crippen LogP contribution < -0.4 is 0 Å². The van der Waals surface area contributed by atoms with E-state index in [1.807, 2.05) is 17.8 Å². The van der Waals surface area contributed by atoms with Gasteiger partial charge < -0.3 is 9.67 Å². The lowest BCUT2D eigenvalue weighted by molar-refractivity contribution is -0.133. The molecule has 0 atom stereocenters. The first-order chi connectivity index (χ1) is 8.16. The van der Waals surface area contributed by atoms with Gasteiger partial charge in [-0.2, -0.15) is 0 Å². The molecule has 9 heteroatoms. The monoisotopic (exact) mass is 254 g/mol. The molecule has 0 aliphatic carbocycles. The molecule has 0 aliphatic rings. The van der Waals surface area contributed by atoms with Crippen molar-refractivity contribution in [3.05, 3.63) is 18.2 Å². The third-order valence-electron chi connectivity index (χ3n) is 2.04. The Morgan fingerprint density at radius 3 is 3.06 bits per heavy atom. The van der Waals surface area contributed by atoms with E-state index >= 15 is 0 Å². The minimum absolute atomic E-state index is 0.0685. The van der Waals surface area contributed by atoms with Crippen molar-refractivity contribution in [1.82, 2.24) is 29.8 Å². The summed E-state index contributed by atoms with van der Waals surface area (Å²) in [6.07, 6.45) is 3.51. The van der Waals surface area contributed by atoms with Crippen molar-refractivity contribution in [1.29, 1.82) is 0 Å². The summed E-state index contributed by atoms with van der Waals surface area (Å²) in [5, 5.41) is 20.1. The van der Waals surface area contributed by atoms with Gasteiger partial charge in [-0.05, 0) is 10.4 Å². The van der Waals surface area contributed by atoms with E-state index in [2.05, 4.69) is 20.5 Å². The Hall–Kier alpha value is -1.90. The Morgan fingerprint density at radius 2 is 2.41 bits per heavy atom. The predicted molar refractivity (Wildman–Crippen MR) is 58.5 cm³/mol. The van der Waals surface area contributed by atoms with Gasteiger partial charge in [-0.3, -0.25) is 4.79 Å². The number of hydrogen-bond donors (Lipinski definition) is 1. The normalized spacial score (nSPS) is 10.6. The van der Waals surface area contributed by atoms with Gasteiger partial charge in [0.1, 0.15) is 12.4 Å². The molecule has 2 aromatic rings. The van der Waals surface area contributed by atoms with Gasteiger partial charge >= 0.3 is 5.97 Å². The molecule has 17 heavy (non-hydrogen) atoms. The summed E-state index contributed by atoms with van der Waals surface area (Å²) >= 11 is 1.08. The van der Waals surface area contributed by atoms with E-state index in [-0.39, 0.29) is 5.75 Å². The van der Waals surface area contributed by atoms with E-state index in [9.17, 15) is 4.79 Å². The van der Waals surface area contributed by atoms with Gasteiger partial charge in [0.05, 0.1) is 5.75 Å². The van der Waals surface area contributed by atoms with Crippen molar-refractivity contribution < 1.29 is 9.90 Å². The van der Waals surface area contributed by atoms with Crippen LogP contribution in [0, 0.1) is 0 Å². The summed E-state index contributed by atoms with van der Waals surface area (Å²) in [5.74, 6) is -0.169. The van der Waals surface area contributed by atoms with Crippen LogP contribution in [0.3, 0.4) is 0 Å². The number of thioether (sulfide) groups is 1. The first-order valence-electron chi connectivity index (χ1n) is 4.74. The summed E-state index contributed by atoms with van der Waals surface area (Å²) in [6, 6.07) is 0. The number of aliphatic carboxylic acids is 1. The largest absolute Gasteiger partial charge is 0.481 e. The van der Waals surface area contributed by atoms with Gasteiger partial charge in [0, 0.05) is 19.4 Å². The molecule has 0 bridgehead atoms. The number of aryl methyl sites for hydroxylation is 1. The minimum atomic E-state index is -0.901. The third-order valence-corrected chi connectivity index (χ3v) is 2.98. The molecule has 0 aromatic carbocycles. The number of nitrogens with zero attached hydrogens (tertiary/aromatic N) is 6. The lowest BCUT2D eigenvalue weighted by Gasteiger charge is -2.03. The predicted octanol–water partition coefficient (Wildman–Crippen LogP) is -0.368. The topological polar surface area (TPSA) is 98.7 Å². The SMILES string of the molecule is Cn1ccnc1Cn1nnnc1SCC(=O)O. The Balaban J connectivity index is 2.09. The fourth-order valence-electron chi connectivity index (χ4n) is 1.21. The van der Waals surface area contributed by atoms with Crippen LogP contribution in [0.15, 0.2) is 17.6 Å². The Morgan fingerprint density at radius 1 is 1.59 bits per heavy atom. The second-order valence-electron chi connectivity index (χ2n) is 3.26. The van der Waals surface area contributed by atoms with Gasteiger partial charge in [-0.1, -0.05) is 11.8 Å². The lowest BCUT2D eigenvalue weighted by atomic mass is 10.6. The summed E-state index contributed by atoms with van der Waals surface area (Å²) in [7, 11) is 1.87. The molecule has 0 unspecified atom stereocenters. The molecule has 90 valence electrons. The average molecular weight is 254 g/mol. The summed E-state index contributed by atoms with van der Waals surface area (Å²) < 4.78 is 3.38. The van der Waals surface area contributed by atoms with E-state index in [0.717, 1.165) is 17.6 Å². The molecule has 0 saturated heterocycles. The van der Waals surface area contributed by atoms with Crippen LogP contribution in [0.5, 0.6) is 0 Å². The second-order valence-corrected chi connectivity index (χ2v) is 4.20. The number of aromatic nitrogens is 6. The molecule has 2 aromatic heterocycles. The molecule has 2 rings (SSSR count). The Labute approximate surface area is 101 Å². The fraction of sp³-hybridized carbons (Fsp3) is 0.375. The molecule has 0 saturated carbocycles. The summed E-state index contributed by atoms with van der Waals surface area (Å²) in [6.45, 7) is 0.415. The average Bonchev–Trinajstić information content (AvgIpc) is 2.87. The lowest BCUT2D eigenvalue weighted by Crippen LogP contribution is -2.09. The van der Waals surface area contributed by atoms with Crippen LogP contribution in [0.4, 0.5) is 0 Å². The molecule has 0 amide bonds. The van der Waals surface area contributed by atoms with Crippen LogP contribution in [0.25, 0.3) is 0 Å². The smallest absolute Gasteiger partial charge is 0.313 e. The third kappa shape index (κ3) is 2.81. The van der Waals surface area contributed by atoms with Crippen molar-refractivity contribution in [2.24, 2.45) is 7.05 Å². The standard InChI is InChI=1S/C8H10N6O2S/c1-13-3-2-9-6(13)4-14-8(10-11-12-14)17-5-7(15)16/h2-3H,4-5H2,1H3,(H,15,16). The van der Waals surface area contributed by atoms with Crippen LogP contribution in [0.1, 0.15) is 5.82 Å². The van der Waals surface area contributed by atoms with Gasteiger partial charge in [-0.15, -0.1) is 5.10 Å². The molecule has 1 N–H and O–H groups in total. The summed E-state index contributed by atoms with van der Waals surface area (Å²) in [4.78, 5) is 14.6. The van der Waals surface area contributed by atoms with Crippen LogP contribution in [-0.4, -0.2) is 46.6 Å². The van der Waals surface area contributed by atoms with E-state index in [4.69, 9.17) is 5.11 Å². The van der Waals surface area contributed by atoms with E-state index < -0.39 is 5.97 Å². The van der Waals surface area contributed by atoms with Gasteiger partial charge in [-0.25, -0.2) is 9.67 Å². The zero-order chi connectivity index (χ0) is 12.3. The molecule has 0 spiro atoms. The summed E-state index contributed by atoms with van der Waals surface area (Å²) in [5.41, 5.74) is 0. The number of tetrazole rings is 1. The van der Waals surface area contributed by atoms with Crippen molar-refractivity contribution in [2.75, 3.05) is 5.75 Å². The zero-order valence-electron chi connectivity index (χ0n) is 9.02. The van der Waals surface area contributed by atoms with Gasteiger partial charge in [0.15, 0.2) is 0 Å². The number of carboxylic acid groups (broad SMARTS) is 1. The molecule has 8 nitrogen and oxygen atoms in total. The molecular weight excluding hydrogens is 244 g/mol. The number of carbonyl (C=O) groups is 1. The first-order valence-corrected chi connectivity index (χ1v) is 5.72. The fourth-order valence-corrected chi connectivity index (χ4v) is 1.81. The molecule has 0 fully saturated rings. The van der Waals surface area contributed by atoms with Gasteiger partial charge in [0.25, 0.3) is 0 Å². The maximum absolute atomic E-state index is 10.5. The van der Waals surface area contributed by atoms with Crippen molar-refractivity contribution in [3.63, 3.8) is 0 Å². The molecular formula is C8H10N6O2S. The van der Waals surface area contributed by atoms with E-state index in [1.165, 1.54) is 4.68 Å². The highest BCUT2D eigenvalue weighted by Gasteiger charge is 2.11. The maximum Gasteiger partial charge on any atom is 0.313 e. The van der Waals surface area contributed by atoms with Gasteiger partial charge in [0.2, 0.25) is 5.16 Å². The molecule has 0 aliphatic heterocycles. The Bertz CT molecular complexity index is 522. The number of imidazole rings is 1. The van der Waals surface area contributed by atoms with Crippen LogP contribution in [0.2, 0.25) is 0 Å². The number of rotatable bonds is 5. The quantitative estimate of drug-likeness (QED) is 0.727. The van der Waals surface area contributed by atoms with E-state index in [0.29, 0.717) is 11.7 Å². The number of carboxylic acids is 1. The maximum atomic E-state index is 10.5.